The van der Waals surface area contributed by atoms with E-state index in [0.717, 1.165) is 11.4 Å². The van der Waals surface area contributed by atoms with Crippen molar-refractivity contribution in [3.8, 4) is 12.3 Å². The highest BCUT2D eigenvalue weighted by molar-refractivity contribution is 5.16. The molecule has 1 aromatic heterocycles. The highest BCUT2D eigenvalue weighted by Gasteiger charge is 2.19. The molecule has 0 spiro atoms. The summed E-state index contributed by atoms with van der Waals surface area (Å²) in [5.41, 5.74) is 1.55. The van der Waals surface area contributed by atoms with E-state index in [4.69, 9.17) is 6.42 Å². The maximum Gasteiger partial charge on any atom is 0.0782 e. The van der Waals surface area contributed by atoms with Gasteiger partial charge in [0.15, 0.2) is 0 Å². The van der Waals surface area contributed by atoms with Crippen LogP contribution in [0.15, 0.2) is 12.4 Å². The molecule has 1 rings (SSSR count). The van der Waals surface area contributed by atoms with Gasteiger partial charge in [0.05, 0.1) is 16.9 Å². The largest absolute Gasteiger partial charge is 0.293 e. The summed E-state index contributed by atoms with van der Waals surface area (Å²) in [6.07, 6.45) is 8.81. The van der Waals surface area contributed by atoms with Gasteiger partial charge in [-0.25, -0.2) is 0 Å². The Bertz CT molecular complexity index is 377. The summed E-state index contributed by atoms with van der Waals surface area (Å²) < 4.78 is 0. The average molecular weight is 203 g/mol. The molecule has 0 amide bonds. The van der Waals surface area contributed by atoms with Crippen molar-refractivity contribution in [1.29, 1.82) is 0 Å². The number of nitrogens with one attached hydrogen (secondary N) is 1. The van der Waals surface area contributed by atoms with Crippen LogP contribution in [0.5, 0.6) is 0 Å². The van der Waals surface area contributed by atoms with Crippen molar-refractivity contribution in [3.63, 3.8) is 0 Å². The third-order valence-corrected chi connectivity index (χ3v) is 2.27. The number of terminal acetylenes is 1. The Morgan fingerprint density at radius 3 is 2.53 bits per heavy atom. The van der Waals surface area contributed by atoms with E-state index < -0.39 is 0 Å². The fourth-order valence-corrected chi connectivity index (χ4v) is 1.49. The summed E-state index contributed by atoms with van der Waals surface area (Å²) in [6, 6.07) is 0.102. The van der Waals surface area contributed by atoms with Gasteiger partial charge < -0.3 is 0 Å². The van der Waals surface area contributed by atoms with Crippen LogP contribution < -0.4 is 5.32 Å². The standard InChI is InChI=1S/C12H17N3/c1-6-12(4,5)15-10(3)11-9(2)13-7-8-14-11/h1,7-8,10,15H,2-5H3. The van der Waals surface area contributed by atoms with Crippen molar-refractivity contribution in [2.24, 2.45) is 0 Å². The first-order chi connectivity index (χ1) is 6.96. The minimum atomic E-state index is -0.330. The Balaban J connectivity index is 2.83. The van der Waals surface area contributed by atoms with Crippen LogP contribution in [-0.2, 0) is 0 Å². The molecule has 1 unspecified atom stereocenters. The molecule has 1 N–H and O–H groups in total. The Morgan fingerprint density at radius 2 is 2.00 bits per heavy atom. The maximum atomic E-state index is 5.42. The molecule has 0 fully saturated rings. The summed E-state index contributed by atoms with van der Waals surface area (Å²) >= 11 is 0. The molecule has 3 heteroatoms. The predicted molar refractivity (Wildman–Crippen MR) is 61.2 cm³/mol. The number of aryl methyl sites for hydroxylation is 1. The van der Waals surface area contributed by atoms with Crippen molar-refractivity contribution in [3.05, 3.63) is 23.8 Å². The lowest BCUT2D eigenvalue weighted by Gasteiger charge is -2.25. The van der Waals surface area contributed by atoms with Gasteiger partial charge in [0.2, 0.25) is 0 Å². The highest BCUT2D eigenvalue weighted by Crippen LogP contribution is 2.15. The number of aromatic nitrogens is 2. The van der Waals surface area contributed by atoms with E-state index >= 15 is 0 Å². The summed E-state index contributed by atoms with van der Waals surface area (Å²) in [6.45, 7) is 7.92. The Kier molecular flexibility index (Phi) is 3.43. The smallest absolute Gasteiger partial charge is 0.0782 e. The van der Waals surface area contributed by atoms with Crippen molar-refractivity contribution in [1.82, 2.24) is 15.3 Å². The van der Waals surface area contributed by atoms with E-state index in [1.165, 1.54) is 0 Å². The summed E-state index contributed by atoms with van der Waals surface area (Å²) in [5, 5.41) is 3.32. The first-order valence-electron chi connectivity index (χ1n) is 4.99. The molecule has 1 aromatic rings. The van der Waals surface area contributed by atoms with E-state index in [9.17, 15) is 0 Å². The normalized spacial score (nSPS) is 13.3. The van der Waals surface area contributed by atoms with Crippen LogP contribution in [0.25, 0.3) is 0 Å². The van der Waals surface area contributed by atoms with Gasteiger partial charge in [-0.15, -0.1) is 6.42 Å². The molecule has 0 aliphatic heterocycles. The molecule has 80 valence electrons. The monoisotopic (exact) mass is 203 g/mol. The first kappa shape index (κ1) is 11.7. The summed E-state index contributed by atoms with van der Waals surface area (Å²) in [4.78, 5) is 8.50. The van der Waals surface area contributed by atoms with Gasteiger partial charge in [0, 0.05) is 18.4 Å². The van der Waals surface area contributed by atoms with E-state index in [2.05, 4.69) is 21.2 Å². The zero-order valence-corrected chi connectivity index (χ0v) is 9.70. The average Bonchev–Trinajstić information content (AvgIpc) is 2.17. The third kappa shape index (κ3) is 3.03. The molecule has 0 aliphatic carbocycles. The van der Waals surface area contributed by atoms with E-state index in [1.807, 2.05) is 27.7 Å². The number of hydrogen-bond donors (Lipinski definition) is 1. The maximum absolute atomic E-state index is 5.42. The van der Waals surface area contributed by atoms with Gasteiger partial charge in [-0.05, 0) is 27.7 Å². The third-order valence-electron chi connectivity index (χ3n) is 2.27. The second kappa shape index (κ2) is 4.41. The van der Waals surface area contributed by atoms with E-state index in [0.29, 0.717) is 0 Å². The topological polar surface area (TPSA) is 37.8 Å². The quantitative estimate of drug-likeness (QED) is 0.762. The molecule has 0 aliphatic rings. The zero-order valence-electron chi connectivity index (χ0n) is 9.70. The molecule has 0 aromatic carbocycles. The van der Waals surface area contributed by atoms with Gasteiger partial charge >= 0.3 is 0 Å². The molecular formula is C12H17N3. The molecular weight excluding hydrogens is 186 g/mol. The van der Waals surface area contributed by atoms with Gasteiger partial charge in [-0.3, -0.25) is 15.3 Å². The first-order valence-corrected chi connectivity index (χ1v) is 4.99. The number of rotatable bonds is 3. The molecule has 15 heavy (non-hydrogen) atoms. The molecule has 0 saturated heterocycles. The van der Waals surface area contributed by atoms with Crippen LogP contribution in [0, 0.1) is 19.3 Å². The van der Waals surface area contributed by atoms with Crippen LogP contribution in [0.3, 0.4) is 0 Å². The molecule has 0 saturated carbocycles. The van der Waals surface area contributed by atoms with Crippen LogP contribution >= 0.6 is 0 Å². The minimum Gasteiger partial charge on any atom is -0.293 e. The fourth-order valence-electron chi connectivity index (χ4n) is 1.49. The second-order valence-electron chi connectivity index (χ2n) is 4.16. The van der Waals surface area contributed by atoms with Crippen molar-refractivity contribution >= 4 is 0 Å². The van der Waals surface area contributed by atoms with Crippen molar-refractivity contribution in [2.45, 2.75) is 39.3 Å². The molecule has 0 bridgehead atoms. The Labute approximate surface area is 91.3 Å². The summed E-state index contributed by atoms with van der Waals surface area (Å²) in [5.74, 6) is 2.70. The predicted octanol–water partition coefficient (Wildman–Crippen LogP) is 1.85. The van der Waals surface area contributed by atoms with Crippen LogP contribution in [0.2, 0.25) is 0 Å². The molecule has 1 heterocycles. The zero-order chi connectivity index (χ0) is 11.5. The fraction of sp³-hybridized carbons (Fsp3) is 0.500. The lowest BCUT2D eigenvalue weighted by atomic mass is 10.0. The lowest BCUT2D eigenvalue weighted by molar-refractivity contribution is 0.423. The Hall–Kier alpha value is -1.40. The Morgan fingerprint density at radius 1 is 1.40 bits per heavy atom. The lowest BCUT2D eigenvalue weighted by Crippen LogP contribution is -2.39. The number of hydrogen-bond acceptors (Lipinski definition) is 3. The molecule has 1 atom stereocenters. The van der Waals surface area contributed by atoms with E-state index in [1.54, 1.807) is 12.4 Å². The second-order valence-corrected chi connectivity index (χ2v) is 4.16. The van der Waals surface area contributed by atoms with E-state index in [-0.39, 0.29) is 11.6 Å². The van der Waals surface area contributed by atoms with Crippen LogP contribution in [-0.4, -0.2) is 15.5 Å². The highest BCUT2D eigenvalue weighted by atomic mass is 15.0. The van der Waals surface area contributed by atoms with Gasteiger partial charge in [0.25, 0.3) is 0 Å². The van der Waals surface area contributed by atoms with Crippen molar-refractivity contribution < 1.29 is 0 Å². The van der Waals surface area contributed by atoms with Crippen LogP contribution in [0.1, 0.15) is 38.2 Å². The van der Waals surface area contributed by atoms with Crippen LogP contribution in [0.4, 0.5) is 0 Å². The molecule has 3 nitrogen and oxygen atoms in total. The SMILES string of the molecule is C#CC(C)(C)NC(C)c1nccnc1C. The minimum absolute atomic E-state index is 0.102. The van der Waals surface area contributed by atoms with Gasteiger partial charge in [0.1, 0.15) is 0 Å². The van der Waals surface area contributed by atoms with Gasteiger partial charge in [-0.2, -0.15) is 0 Å². The number of nitrogens with zero attached hydrogens (tertiary/aromatic N) is 2. The van der Waals surface area contributed by atoms with Gasteiger partial charge in [-0.1, -0.05) is 5.92 Å². The molecule has 0 radical (unpaired) electrons. The summed E-state index contributed by atoms with van der Waals surface area (Å²) in [7, 11) is 0. The van der Waals surface area contributed by atoms with Crippen molar-refractivity contribution in [2.75, 3.05) is 0 Å².